The van der Waals surface area contributed by atoms with Crippen molar-refractivity contribution in [2.45, 2.75) is 52.0 Å². The second-order valence-corrected chi connectivity index (χ2v) is 4.20. The van der Waals surface area contributed by atoms with Crippen molar-refractivity contribution >= 4 is 201 Å². The molecule has 0 spiro atoms. The van der Waals surface area contributed by atoms with Crippen molar-refractivity contribution < 1.29 is 87.2 Å². The molecule has 0 aliphatic carbocycles. The van der Waals surface area contributed by atoms with Gasteiger partial charge in [-0.2, -0.15) is 0 Å². The number of carbonyl (C=O) groups excluding carboxylic acids is 2. The van der Waals surface area contributed by atoms with Gasteiger partial charge in [0, 0.05) is 18.7 Å². The van der Waals surface area contributed by atoms with Crippen LogP contribution >= 0.6 is 0 Å². The number of nitrogens with two attached hydrogens (primary N) is 3. The minimum atomic E-state index is -1.20. The van der Waals surface area contributed by atoms with Crippen molar-refractivity contribution in [3.05, 3.63) is 0 Å². The van der Waals surface area contributed by atoms with Crippen molar-refractivity contribution in [1.82, 2.24) is 0 Å². The Balaban J connectivity index is -0.0000000315. The topological polar surface area (TPSA) is 191 Å². The number of hydrogen-bond donors (Lipinski definition) is 6. The zero-order valence-electron chi connectivity index (χ0n) is 23.4. The number of methoxy groups -OCH3 is 1. The number of carbonyl (C=O) groups is 2. The van der Waals surface area contributed by atoms with Crippen LogP contribution in [0.5, 0.6) is 0 Å². The molecule has 0 saturated heterocycles. The molecule has 0 fully saturated rings. The number of ether oxygens (including phenoxy) is 2. The van der Waals surface area contributed by atoms with Crippen LogP contribution in [0.2, 0.25) is 0 Å². The Hall–Kier alpha value is 10.2. The summed E-state index contributed by atoms with van der Waals surface area (Å²) in [6.45, 7) is 6.94. The van der Waals surface area contributed by atoms with Gasteiger partial charge in [0.05, 0.1) is 13.7 Å². The van der Waals surface area contributed by atoms with Crippen LogP contribution in [0.4, 0.5) is 0 Å². The van der Waals surface area contributed by atoms with Crippen LogP contribution < -0.4 is 68.6 Å². The molecule has 0 aliphatic heterocycles. The molecule has 0 bridgehead atoms. The van der Waals surface area contributed by atoms with Gasteiger partial charge in [0.1, 0.15) is 0 Å². The number of rotatable bonds is 5. The van der Waals surface area contributed by atoms with E-state index in [2.05, 4.69) is 15.2 Å². The maximum atomic E-state index is 10.6. The molecule has 0 aromatic rings. The molecule has 0 heterocycles. The summed E-state index contributed by atoms with van der Waals surface area (Å²) in [5.74, 6) is -1.34. The molecule has 0 aromatic heterocycles. The molecule has 0 amide bonds. The van der Waals surface area contributed by atoms with Gasteiger partial charge in [-0.05, 0) is 34.7 Å². The van der Waals surface area contributed by atoms with Gasteiger partial charge in [0.15, 0.2) is 12.2 Å². The molecule has 0 saturated carbocycles. The summed E-state index contributed by atoms with van der Waals surface area (Å²) in [6, 6.07) is -1.14. The molecule has 4 atom stereocenters. The first-order valence-corrected chi connectivity index (χ1v) is 58.4. The van der Waals surface area contributed by atoms with Crippen LogP contribution in [0.1, 0.15) is 29.1 Å². The Bertz CT molecular complexity index is 320. The van der Waals surface area contributed by atoms with E-state index in [1.165, 1.54) is 211 Å². The van der Waals surface area contributed by atoms with E-state index in [-0.39, 0.29) is 66.0 Å². The third kappa shape index (κ3) is 60.2. The average molecular weight is 632 g/mol. The quantitative estimate of drug-likeness (QED) is 0.126. The minimum absolute atomic E-state index is 0. The van der Waals surface area contributed by atoms with E-state index in [0.717, 1.165) is 0 Å². The molecule has 0 radical (unpaired) electrons. The normalized spacial score (nSPS) is 11.5. The van der Waals surface area contributed by atoms with Gasteiger partial charge in [-0.1, -0.05) is 0 Å². The predicted molar refractivity (Wildman–Crippen MR) is 126 cm³/mol. The Labute approximate surface area is 369 Å². The third-order valence-corrected chi connectivity index (χ3v) is 1.97. The van der Waals surface area contributed by atoms with E-state index in [9.17, 15) is 9.59 Å². The van der Waals surface area contributed by atoms with E-state index in [4.69, 9.17) is 26.8 Å². The summed E-state index contributed by atoms with van der Waals surface area (Å²) >= 11 is 7.50. The maximum absolute atomic E-state index is 10.6. The fourth-order valence-electron chi connectivity index (χ4n) is 0.778. The summed E-state index contributed by atoms with van der Waals surface area (Å²) in [5.41, 5.74) is 14.9. The molecular weight excluding hydrogens is 596 g/mol. The Kier molecular flexibility index (Phi) is 116. The summed E-state index contributed by atoms with van der Waals surface area (Å²) in [4.78, 5) is 21.0. The zero-order chi connectivity index (χ0) is 26.3. The van der Waals surface area contributed by atoms with Crippen LogP contribution in [-0.4, -0.2) is 268 Å². The molecule has 17 heteroatoms. The zero-order valence-corrected chi connectivity index (χ0v) is 44.3. The second-order valence-electron chi connectivity index (χ2n) is 4.20. The van der Waals surface area contributed by atoms with Crippen molar-refractivity contribution in [2.75, 3.05) is 27.4 Å². The van der Waals surface area contributed by atoms with Crippen molar-refractivity contribution in [3.8, 4) is 0 Å². The molecule has 4 unspecified atom stereocenters. The number of esters is 2. The van der Waals surface area contributed by atoms with Gasteiger partial charge in [-0.3, -0.25) is 0 Å². The molecule has 31 heavy (non-hydrogen) atoms. The van der Waals surface area contributed by atoms with Gasteiger partial charge < -0.3 is 43.4 Å². The van der Waals surface area contributed by atoms with E-state index in [1.54, 1.807) is 20.8 Å². The summed E-state index contributed by atoms with van der Waals surface area (Å²) in [6.07, 6.45) is -2.39. The van der Waals surface area contributed by atoms with Crippen LogP contribution in [0, 0.1) is 0 Å². The third-order valence-electron chi connectivity index (χ3n) is 1.97. The molecule has 0 aliphatic rings. The molecule has 0 aromatic carbocycles. The standard InChI is InChI=1S/C6H13NO3.C5H11NO3.C2H6O.CH5N.7K.H/c1-3-10-6(9)5(8)4(2)7;1-3(6)4(7)5(8)9-2;1-2-3;1-2;;;;;;;;/h4-5,8H,3,7H2,1-2H3;3-4,7H,6H2,1-2H3;3H,2H2,1H3;2H2,1H3;;;;;;;;/q;;;;;;;;;;+1;-1. The fraction of sp³-hybridized carbons (Fsp3) is 0.857. The number of aliphatic hydroxyl groups excluding tert-OH is 3. The van der Waals surface area contributed by atoms with Crippen LogP contribution in [0.25, 0.3) is 0 Å². The van der Waals surface area contributed by atoms with Crippen molar-refractivity contribution in [2.24, 2.45) is 17.2 Å². The van der Waals surface area contributed by atoms with E-state index in [1.807, 2.05) is 0 Å². The SMILES string of the molecule is CCO.CCOC(=O)C(O)C(C)N.CN.COC(=O)C(O)C(C)N.[H-].[K+].[K][K].[K][K].[K][K]. The van der Waals surface area contributed by atoms with Crippen molar-refractivity contribution in [1.29, 1.82) is 0 Å². The molecule has 10 nitrogen and oxygen atoms in total. The van der Waals surface area contributed by atoms with E-state index >= 15 is 0 Å². The van der Waals surface area contributed by atoms with Gasteiger partial charge >= 0.3 is 253 Å². The number of aliphatic hydroxyl groups is 3. The van der Waals surface area contributed by atoms with Gasteiger partial charge in [0.25, 0.3) is 0 Å². The Morgan fingerprint density at radius 2 is 1.10 bits per heavy atom. The summed E-state index contributed by atoms with van der Waals surface area (Å²) < 4.78 is 8.70. The first-order chi connectivity index (χ1) is 14.1. The molecular formula is C14H36K7N3O7. The van der Waals surface area contributed by atoms with Gasteiger partial charge in [-0.15, -0.1) is 0 Å². The predicted octanol–water partition coefficient (Wildman–Crippen LogP) is -7.47. The Morgan fingerprint density at radius 3 is 1.23 bits per heavy atom. The van der Waals surface area contributed by atoms with Crippen LogP contribution in [0.15, 0.2) is 0 Å². The van der Waals surface area contributed by atoms with Crippen molar-refractivity contribution in [3.63, 3.8) is 0 Å². The first-order valence-electron chi connectivity index (χ1n) is 10.4. The molecule has 0 rings (SSSR count). The van der Waals surface area contributed by atoms with Crippen LogP contribution in [0.3, 0.4) is 0 Å². The van der Waals surface area contributed by atoms with Crippen LogP contribution in [-0.2, 0) is 19.1 Å². The fourth-order valence-corrected chi connectivity index (χ4v) is 0.778. The van der Waals surface area contributed by atoms with Gasteiger partial charge in [-0.25, -0.2) is 9.59 Å². The second kappa shape index (κ2) is 59.5. The van der Waals surface area contributed by atoms with Gasteiger partial charge in [0.2, 0.25) is 0 Å². The Morgan fingerprint density at radius 1 is 0.871 bits per heavy atom. The molecule has 9 N–H and O–H groups in total. The summed E-state index contributed by atoms with van der Waals surface area (Å²) in [7, 11) is 2.70. The number of hydrogen-bond acceptors (Lipinski definition) is 10. The average Bonchev–Trinajstić information content (AvgIpc) is 2.78. The monoisotopic (exact) mass is 631 g/mol. The molecule has 156 valence electrons. The summed E-state index contributed by atoms with van der Waals surface area (Å²) in [5, 5.41) is 25.3. The van der Waals surface area contributed by atoms with E-state index < -0.39 is 36.2 Å². The first kappa shape index (κ1) is 60.4. The van der Waals surface area contributed by atoms with E-state index in [0.29, 0.717) is 0 Å².